The number of halogens is 1. The number of hydrogen-bond donors (Lipinski definition) is 1. The number of amides is 1. The van der Waals surface area contributed by atoms with E-state index in [1.807, 2.05) is 48.2 Å². The molecule has 1 aromatic carbocycles. The molecule has 3 aromatic heterocycles. The van der Waals surface area contributed by atoms with Crippen molar-refractivity contribution in [3.05, 3.63) is 65.1 Å². The summed E-state index contributed by atoms with van der Waals surface area (Å²) in [5.74, 6) is 0.433. The zero-order valence-corrected chi connectivity index (χ0v) is 20.5. The number of morpholine rings is 1. The molecule has 8 nitrogen and oxygen atoms in total. The van der Waals surface area contributed by atoms with Gasteiger partial charge in [-0.05, 0) is 49.2 Å². The number of nitrogens with zero attached hydrogens (tertiary/aromatic N) is 5. The number of anilines is 2. The summed E-state index contributed by atoms with van der Waals surface area (Å²) in [5.41, 5.74) is 5.98. The Kier molecular flexibility index (Phi) is 6.66. The normalized spacial score (nSPS) is 13.9. The first-order chi connectivity index (χ1) is 17.0. The molecule has 1 aliphatic heterocycles. The van der Waals surface area contributed by atoms with Gasteiger partial charge in [-0.1, -0.05) is 24.6 Å². The van der Waals surface area contributed by atoms with Crippen LogP contribution < -0.4 is 5.32 Å². The quantitative estimate of drug-likeness (QED) is 0.379. The molecule has 35 heavy (non-hydrogen) atoms. The van der Waals surface area contributed by atoms with Gasteiger partial charge in [0.2, 0.25) is 5.95 Å². The van der Waals surface area contributed by atoms with E-state index in [2.05, 4.69) is 33.0 Å². The third-order valence-corrected chi connectivity index (χ3v) is 6.23. The lowest BCUT2D eigenvalue weighted by Crippen LogP contribution is -2.40. The summed E-state index contributed by atoms with van der Waals surface area (Å²) in [4.78, 5) is 28.4. The molecular weight excluding hydrogens is 464 g/mol. The molecule has 0 radical (unpaired) electrons. The Labute approximate surface area is 208 Å². The number of ether oxygens (including phenoxy) is 1. The van der Waals surface area contributed by atoms with Crippen molar-refractivity contribution in [1.29, 1.82) is 0 Å². The van der Waals surface area contributed by atoms with Crippen molar-refractivity contribution >= 4 is 40.2 Å². The van der Waals surface area contributed by atoms with Crippen LogP contribution in [0.15, 0.2) is 48.8 Å². The van der Waals surface area contributed by atoms with Gasteiger partial charge in [-0.2, -0.15) is 0 Å². The van der Waals surface area contributed by atoms with E-state index in [4.69, 9.17) is 21.3 Å². The van der Waals surface area contributed by atoms with Crippen LogP contribution in [0.25, 0.3) is 22.3 Å². The zero-order valence-electron chi connectivity index (χ0n) is 19.8. The van der Waals surface area contributed by atoms with E-state index in [1.165, 1.54) is 0 Å². The van der Waals surface area contributed by atoms with Crippen molar-refractivity contribution < 1.29 is 9.53 Å². The number of benzene rings is 1. The maximum absolute atomic E-state index is 12.9. The van der Waals surface area contributed by atoms with Gasteiger partial charge in [0, 0.05) is 48.8 Å². The topological polar surface area (TPSA) is 85.2 Å². The molecule has 1 amide bonds. The fraction of sp³-hybridized carbons (Fsp3) is 0.308. The van der Waals surface area contributed by atoms with Crippen LogP contribution in [0.3, 0.4) is 0 Å². The molecule has 0 bridgehead atoms. The molecule has 0 atom stereocenters. The standard InChI is InChI=1S/C26H27ClN6O2/c1-3-9-33-16-20(23-24(33)17(2)14-22(27)31-23)21-7-8-28-26(30-21)29-19-6-4-5-18(15-19)25(34)32-10-12-35-13-11-32/h4-8,14-16H,3,9-13H2,1-2H3,(H,28,29,30). The second-order valence-electron chi connectivity index (χ2n) is 8.57. The molecule has 0 saturated carbocycles. The second-order valence-corrected chi connectivity index (χ2v) is 8.96. The van der Waals surface area contributed by atoms with E-state index in [0.717, 1.165) is 46.5 Å². The minimum Gasteiger partial charge on any atom is -0.378 e. The Morgan fingerprint density at radius 1 is 1.17 bits per heavy atom. The Morgan fingerprint density at radius 3 is 2.80 bits per heavy atom. The minimum absolute atomic E-state index is 0.00586. The number of hydrogen-bond acceptors (Lipinski definition) is 6. The highest BCUT2D eigenvalue weighted by Crippen LogP contribution is 2.32. The first-order valence-corrected chi connectivity index (χ1v) is 12.1. The van der Waals surface area contributed by atoms with Gasteiger partial charge in [0.1, 0.15) is 5.15 Å². The highest BCUT2D eigenvalue weighted by molar-refractivity contribution is 6.30. The lowest BCUT2D eigenvalue weighted by Gasteiger charge is -2.27. The van der Waals surface area contributed by atoms with E-state index in [9.17, 15) is 4.79 Å². The van der Waals surface area contributed by atoms with Crippen molar-refractivity contribution in [2.24, 2.45) is 0 Å². The van der Waals surface area contributed by atoms with Crippen molar-refractivity contribution in [2.45, 2.75) is 26.8 Å². The summed E-state index contributed by atoms with van der Waals surface area (Å²) < 4.78 is 7.56. The summed E-state index contributed by atoms with van der Waals surface area (Å²) in [6.07, 6.45) is 4.80. The summed E-state index contributed by atoms with van der Waals surface area (Å²) in [6, 6.07) is 11.1. The largest absolute Gasteiger partial charge is 0.378 e. The zero-order chi connectivity index (χ0) is 24.4. The van der Waals surface area contributed by atoms with Crippen molar-refractivity contribution in [3.8, 4) is 11.3 Å². The number of aryl methyl sites for hydroxylation is 2. The molecule has 1 fully saturated rings. The van der Waals surface area contributed by atoms with Gasteiger partial charge in [0.05, 0.1) is 29.9 Å². The first-order valence-electron chi connectivity index (χ1n) is 11.8. The summed E-state index contributed by atoms with van der Waals surface area (Å²) >= 11 is 6.30. The fourth-order valence-electron chi connectivity index (χ4n) is 4.44. The average Bonchev–Trinajstić information content (AvgIpc) is 3.23. The van der Waals surface area contributed by atoms with Gasteiger partial charge in [0.15, 0.2) is 0 Å². The second kappa shape index (κ2) is 10.0. The van der Waals surface area contributed by atoms with Crippen LogP contribution in [0.1, 0.15) is 29.3 Å². The maximum atomic E-state index is 12.9. The van der Waals surface area contributed by atoms with Crippen LogP contribution in [0.2, 0.25) is 5.15 Å². The summed E-state index contributed by atoms with van der Waals surface area (Å²) in [7, 11) is 0. The van der Waals surface area contributed by atoms with Crippen LogP contribution in [-0.4, -0.2) is 56.6 Å². The van der Waals surface area contributed by atoms with Crippen molar-refractivity contribution in [2.75, 3.05) is 31.6 Å². The Hall–Kier alpha value is -3.49. The van der Waals surface area contributed by atoms with Crippen LogP contribution in [0.4, 0.5) is 11.6 Å². The number of nitrogens with one attached hydrogen (secondary N) is 1. The molecule has 0 unspecified atom stereocenters. The predicted octanol–water partition coefficient (Wildman–Crippen LogP) is 5.08. The SMILES string of the molecule is CCCn1cc(-c2ccnc(Nc3cccc(C(=O)N4CCOCC4)c3)n2)c2nc(Cl)cc(C)c21. The maximum Gasteiger partial charge on any atom is 0.254 e. The average molecular weight is 491 g/mol. The minimum atomic E-state index is -0.00586. The number of carbonyl (C=O) groups excluding carboxylic acids is 1. The molecular formula is C26H27ClN6O2. The summed E-state index contributed by atoms with van der Waals surface area (Å²) in [5, 5.41) is 3.70. The lowest BCUT2D eigenvalue weighted by molar-refractivity contribution is 0.0303. The molecule has 4 heterocycles. The number of pyridine rings is 1. The molecule has 1 aliphatic rings. The molecule has 5 rings (SSSR count). The first kappa shape index (κ1) is 23.3. The van der Waals surface area contributed by atoms with Gasteiger partial charge in [-0.15, -0.1) is 0 Å². The highest BCUT2D eigenvalue weighted by Gasteiger charge is 2.19. The van der Waals surface area contributed by atoms with E-state index >= 15 is 0 Å². The van der Waals surface area contributed by atoms with E-state index in [0.29, 0.717) is 43.0 Å². The molecule has 1 N–H and O–H groups in total. The van der Waals surface area contributed by atoms with Gasteiger partial charge < -0.3 is 19.5 Å². The van der Waals surface area contributed by atoms with E-state index < -0.39 is 0 Å². The van der Waals surface area contributed by atoms with Gasteiger partial charge in [0.25, 0.3) is 5.91 Å². The highest BCUT2D eigenvalue weighted by atomic mass is 35.5. The predicted molar refractivity (Wildman–Crippen MR) is 137 cm³/mol. The van der Waals surface area contributed by atoms with Crippen LogP contribution >= 0.6 is 11.6 Å². The number of rotatable bonds is 6. The van der Waals surface area contributed by atoms with E-state index in [-0.39, 0.29) is 5.91 Å². The molecule has 180 valence electrons. The molecule has 0 aliphatic carbocycles. The number of carbonyl (C=O) groups is 1. The number of fused-ring (bicyclic) bond motifs is 1. The monoisotopic (exact) mass is 490 g/mol. The van der Waals surface area contributed by atoms with Gasteiger partial charge >= 0.3 is 0 Å². The number of aromatic nitrogens is 4. The van der Waals surface area contributed by atoms with Gasteiger partial charge in [-0.25, -0.2) is 15.0 Å². The van der Waals surface area contributed by atoms with Crippen molar-refractivity contribution in [3.63, 3.8) is 0 Å². The van der Waals surface area contributed by atoms with Crippen LogP contribution in [0.5, 0.6) is 0 Å². The smallest absolute Gasteiger partial charge is 0.254 e. The molecule has 4 aromatic rings. The molecule has 9 heteroatoms. The summed E-state index contributed by atoms with van der Waals surface area (Å²) in [6.45, 7) is 7.41. The fourth-order valence-corrected chi connectivity index (χ4v) is 4.69. The molecule has 1 saturated heterocycles. The van der Waals surface area contributed by atoms with Crippen LogP contribution in [-0.2, 0) is 11.3 Å². The van der Waals surface area contributed by atoms with Crippen LogP contribution in [0, 0.1) is 6.92 Å². The molecule has 0 spiro atoms. The Morgan fingerprint density at radius 2 is 2.00 bits per heavy atom. The third-order valence-electron chi connectivity index (χ3n) is 6.04. The Bertz CT molecular complexity index is 1380. The van der Waals surface area contributed by atoms with E-state index in [1.54, 1.807) is 6.20 Å². The van der Waals surface area contributed by atoms with Crippen molar-refractivity contribution in [1.82, 2.24) is 24.4 Å². The Balaban J connectivity index is 1.45. The lowest BCUT2D eigenvalue weighted by atomic mass is 10.1. The third kappa shape index (κ3) is 4.85. The van der Waals surface area contributed by atoms with Gasteiger partial charge in [-0.3, -0.25) is 4.79 Å².